The van der Waals surface area contributed by atoms with Crippen LogP contribution in [-0.4, -0.2) is 15.6 Å². The van der Waals surface area contributed by atoms with Crippen molar-refractivity contribution < 1.29 is 18.7 Å². The Morgan fingerprint density at radius 2 is 1.76 bits per heavy atom. The Balaban J connectivity index is 2.26. The molecule has 106 valence electrons. The van der Waals surface area contributed by atoms with Crippen LogP contribution in [0.1, 0.15) is 15.9 Å². The summed E-state index contributed by atoms with van der Waals surface area (Å²) in [6, 6.07) is 7.93. The molecule has 0 bridgehead atoms. The summed E-state index contributed by atoms with van der Waals surface area (Å²) >= 11 is 0. The number of hydrogen-bond donors (Lipinski definition) is 1. The fourth-order valence-electron chi connectivity index (χ4n) is 2.42. The molecule has 0 aliphatic rings. The van der Waals surface area contributed by atoms with Gasteiger partial charge in [0.05, 0.1) is 16.8 Å². The van der Waals surface area contributed by atoms with Gasteiger partial charge >= 0.3 is 5.97 Å². The third-order valence-corrected chi connectivity index (χ3v) is 3.38. The molecule has 0 fully saturated rings. The van der Waals surface area contributed by atoms with E-state index in [-0.39, 0.29) is 5.56 Å². The number of aryl methyl sites for hydroxylation is 1. The highest BCUT2D eigenvalue weighted by Gasteiger charge is 2.12. The lowest BCUT2D eigenvalue weighted by Crippen LogP contribution is -1.97. The van der Waals surface area contributed by atoms with Gasteiger partial charge in [0.2, 0.25) is 0 Å². The Hall–Kier alpha value is -2.69. The standard InChI is InChI=1S/C16H11F2NO2/c1-9-8-19(13-6-11(17)5-12(18)7-13)15-3-2-10(16(20)21)4-14(9)15/h2-8H,1H3,(H,20,21). The number of aromatic carboxylic acids is 1. The molecular formula is C16H11F2NO2. The predicted octanol–water partition coefficient (Wildman–Crippen LogP) is 3.92. The summed E-state index contributed by atoms with van der Waals surface area (Å²) in [4.78, 5) is 11.0. The summed E-state index contributed by atoms with van der Waals surface area (Å²) in [6.45, 7) is 1.82. The van der Waals surface area contributed by atoms with E-state index in [1.807, 2.05) is 6.92 Å². The molecular weight excluding hydrogens is 276 g/mol. The first-order chi connectivity index (χ1) is 9.95. The first-order valence-electron chi connectivity index (χ1n) is 6.27. The molecule has 1 aromatic heterocycles. The van der Waals surface area contributed by atoms with Gasteiger partial charge in [0.25, 0.3) is 0 Å². The summed E-state index contributed by atoms with van der Waals surface area (Å²) in [6.07, 6.45) is 1.73. The van der Waals surface area contributed by atoms with E-state index in [2.05, 4.69) is 0 Å². The largest absolute Gasteiger partial charge is 0.478 e. The van der Waals surface area contributed by atoms with Gasteiger partial charge in [-0.2, -0.15) is 0 Å². The van der Waals surface area contributed by atoms with E-state index >= 15 is 0 Å². The zero-order valence-electron chi connectivity index (χ0n) is 11.1. The molecule has 0 radical (unpaired) electrons. The number of halogens is 2. The number of nitrogens with zero attached hydrogens (tertiary/aromatic N) is 1. The van der Waals surface area contributed by atoms with Crippen LogP contribution in [0, 0.1) is 18.6 Å². The van der Waals surface area contributed by atoms with Crippen molar-refractivity contribution in [1.29, 1.82) is 0 Å². The number of aromatic nitrogens is 1. The number of carboxylic acids is 1. The van der Waals surface area contributed by atoms with E-state index in [4.69, 9.17) is 5.11 Å². The SMILES string of the molecule is Cc1cn(-c2cc(F)cc(F)c2)c2ccc(C(=O)O)cc12. The van der Waals surface area contributed by atoms with Crippen LogP contribution in [-0.2, 0) is 0 Å². The van der Waals surface area contributed by atoms with Gasteiger partial charge < -0.3 is 9.67 Å². The molecule has 2 aromatic carbocycles. The molecule has 21 heavy (non-hydrogen) atoms. The van der Waals surface area contributed by atoms with Crippen molar-refractivity contribution in [2.45, 2.75) is 6.92 Å². The van der Waals surface area contributed by atoms with Crippen molar-refractivity contribution in [3.05, 3.63) is 65.4 Å². The summed E-state index contributed by atoms with van der Waals surface area (Å²) in [5, 5.41) is 9.76. The van der Waals surface area contributed by atoms with Crippen molar-refractivity contribution in [3.63, 3.8) is 0 Å². The van der Waals surface area contributed by atoms with Crippen LogP contribution in [0.25, 0.3) is 16.6 Å². The van der Waals surface area contributed by atoms with Gasteiger partial charge in [0.1, 0.15) is 11.6 Å². The van der Waals surface area contributed by atoms with Gasteiger partial charge in [-0.3, -0.25) is 0 Å². The maximum atomic E-state index is 13.4. The zero-order chi connectivity index (χ0) is 15.1. The second-order valence-electron chi connectivity index (χ2n) is 4.85. The van der Waals surface area contributed by atoms with Crippen molar-refractivity contribution in [3.8, 4) is 5.69 Å². The van der Waals surface area contributed by atoms with Crippen molar-refractivity contribution in [2.24, 2.45) is 0 Å². The number of hydrogen-bond acceptors (Lipinski definition) is 1. The molecule has 0 unspecified atom stereocenters. The van der Waals surface area contributed by atoms with Gasteiger partial charge in [-0.05, 0) is 42.8 Å². The number of rotatable bonds is 2. The molecule has 0 saturated carbocycles. The van der Waals surface area contributed by atoms with Gasteiger partial charge in [-0.15, -0.1) is 0 Å². The van der Waals surface area contributed by atoms with Gasteiger partial charge in [-0.25, -0.2) is 13.6 Å². The second kappa shape index (κ2) is 4.70. The Labute approximate surface area is 119 Å². The normalized spacial score (nSPS) is 11.0. The summed E-state index contributed by atoms with van der Waals surface area (Å²) in [5.41, 5.74) is 2.06. The van der Waals surface area contributed by atoms with E-state index in [1.54, 1.807) is 22.9 Å². The molecule has 0 atom stereocenters. The van der Waals surface area contributed by atoms with Crippen LogP contribution in [0.2, 0.25) is 0 Å². The number of carboxylic acid groups (broad SMARTS) is 1. The Morgan fingerprint density at radius 3 is 2.38 bits per heavy atom. The number of carbonyl (C=O) groups is 1. The maximum absolute atomic E-state index is 13.4. The molecule has 3 rings (SSSR count). The number of benzene rings is 2. The molecule has 0 amide bonds. The number of fused-ring (bicyclic) bond motifs is 1. The van der Waals surface area contributed by atoms with Gasteiger partial charge in [0.15, 0.2) is 0 Å². The lowest BCUT2D eigenvalue weighted by Gasteiger charge is -2.06. The van der Waals surface area contributed by atoms with Crippen LogP contribution in [0.3, 0.4) is 0 Å². The molecule has 0 aliphatic heterocycles. The first kappa shape index (κ1) is 13.3. The van der Waals surface area contributed by atoms with Crippen LogP contribution >= 0.6 is 0 Å². The molecule has 1 heterocycles. The predicted molar refractivity (Wildman–Crippen MR) is 74.9 cm³/mol. The second-order valence-corrected chi connectivity index (χ2v) is 4.85. The first-order valence-corrected chi connectivity index (χ1v) is 6.27. The van der Waals surface area contributed by atoms with Crippen LogP contribution in [0.5, 0.6) is 0 Å². The van der Waals surface area contributed by atoms with Crippen LogP contribution in [0.15, 0.2) is 42.6 Å². The minimum atomic E-state index is -1.01. The summed E-state index contributed by atoms with van der Waals surface area (Å²) < 4.78 is 28.4. The molecule has 1 N–H and O–H groups in total. The lowest BCUT2D eigenvalue weighted by molar-refractivity contribution is 0.0697. The topological polar surface area (TPSA) is 42.2 Å². The van der Waals surface area contributed by atoms with E-state index in [9.17, 15) is 13.6 Å². The third kappa shape index (κ3) is 2.27. The van der Waals surface area contributed by atoms with Crippen molar-refractivity contribution >= 4 is 16.9 Å². The quantitative estimate of drug-likeness (QED) is 0.776. The van der Waals surface area contributed by atoms with Gasteiger partial charge in [-0.1, -0.05) is 0 Å². The summed E-state index contributed by atoms with van der Waals surface area (Å²) in [5.74, 6) is -2.33. The molecule has 3 nitrogen and oxygen atoms in total. The minimum Gasteiger partial charge on any atom is -0.478 e. The van der Waals surface area contributed by atoms with Crippen LogP contribution in [0.4, 0.5) is 8.78 Å². The molecule has 0 saturated heterocycles. The fraction of sp³-hybridized carbons (Fsp3) is 0.0625. The minimum absolute atomic E-state index is 0.175. The average Bonchev–Trinajstić information content (AvgIpc) is 2.74. The summed E-state index contributed by atoms with van der Waals surface area (Å²) in [7, 11) is 0. The lowest BCUT2D eigenvalue weighted by atomic mass is 10.1. The van der Waals surface area contributed by atoms with Crippen molar-refractivity contribution in [2.75, 3.05) is 0 Å². The third-order valence-electron chi connectivity index (χ3n) is 3.38. The van der Waals surface area contributed by atoms with E-state index in [1.165, 1.54) is 18.2 Å². The Morgan fingerprint density at radius 1 is 1.10 bits per heavy atom. The highest BCUT2D eigenvalue weighted by Crippen LogP contribution is 2.26. The van der Waals surface area contributed by atoms with Crippen LogP contribution < -0.4 is 0 Å². The van der Waals surface area contributed by atoms with Gasteiger partial charge in [0, 0.05) is 17.6 Å². The molecule has 0 aliphatic carbocycles. The van der Waals surface area contributed by atoms with E-state index in [0.717, 1.165) is 17.0 Å². The Bertz CT molecular complexity index is 848. The zero-order valence-corrected chi connectivity index (χ0v) is 11.1. The highest BCUT2D eigenvalue weighted by atomic mass is 19.1. The van der Waals surface area contributed by atoms with E-state index < -0.39 is 17.6 Å². The highest BCUT2D eigenvalue weighted by molar-refractivity contribution is 5.95. The van der Waals surface area contributed by atoms with E-state index in [0.29, 0.717) is 11.2 Å². The maximum Gasteiger partial charge on any atom is 0.335 e. The molecule has 0 spiro atoms. The molecule has 5 heteroatoms. The Kier molecular flexibility index (Phi) is 2.97. The molecule has 3 aromatic rings. The smallest absolute Gasteiger partial charge is 0.335 e. The average molecular weight is 287 g/mol. The van der Waals surface area contributed by atoms with Crippen molar-refractivity contribution in [1.82, 2.24) is 4.57 Å². The monoisotopic (exact) mass is 287 g/mol. The fourth-order valence-corrected chi connectivity index (χ4v) is 2.42.